The summed E-state index contributed by atoms with van der Waals surface area (Å²) >= 11 is 0. The second-order valence-electron chi connectivity index (χ2n) is 15.0. The number of hydrogen-bond acceptors (Lipinski definition) is 14. The molecule has 2 aromatic rings. The number of carboxylic acid groups (broad SMARTS) is 1. The van der Waals surface area contributed by atoms with Gasteiger partial charge in [-0.2, -0.15) is 21.4 Å². The number of amides is 1. The second-order valence-corrected chi connectivity index (χ2v) is 20.1. The molecule has 0 saturated heterocycles. The average molecular weight is 918 g/mol. The summed E-state index contributed by atoms with van der Waals surface area (Å²) in [5, 5.41) is 12.2. The van der Waals surface area contributed by atoms with Crippen LogP contribution in [0.5, 0.6) is 0 Å². The van der Waals surface area contributed by atoms with Crippen LogP contribution >= 0.6 is 0 Å². The molecule has 0 saturated carbocycles. The fourth-order valence-corrected chi connectivity index (χ4v) is 8.65. The van der Waals surface area contributed by atoms with Gasteiger partial charge in [0.15, 0.2) is 11.5 Å². The highest BCUT2D eigenvalue weighted by Gasteiger charge is 2.46. The van der Waals surface area contributed by atoms with Crippen LogP contribution in [-0.2, 0) is 51.8 Å². The van der Waals surface area contributed by atoms with Crippen LogP contribution in [0.2, 0.25) is 0 Å². The predicted molar refractivity (Wildman–Crippen MR) is 218 cm³/mol. The Bertz CT molecular complexity index is 2590. The SMILES string of the molecule is CCCC(=O)c1cc(C(=O)NCCS(=O)(=O)O)c2c(c1)N(CCCS(=O)(=O)[O-])C(=CC=CC1=[N+](CCCS(=O)(=O)O)c3ccc(C(=O)O)cc3C1(C)C)C2(C)C.O=S(=O)=O. The summed E-state index contributed by atoms with van der Waals surface area (Å²) < 4.78 is 127. The molecule has 2 aliphatic heterocycles. The summed E-state index contributed by atoms with van der Waals surface area (Å²) in [5.74, 6) is -4.09. The molecular formula is C37H47N3O16S4. The Kier molecular flexibility index (Phi) is 16.1. The number of aromatic carboxylic acids is 1. The van der Waals surface area contributed by atoms with Gasteiger partial charge in [0, 0.05) is 82.9 Å². The first-order valence-corrected chi connectivity index (χ1v) is 24.1. The van der Waals surface area contributed by atoms with E-state index in [9.17, 15) is 58.4 Å². The number of carbonyl (C=O) groups excluding carboxylic acids is 2. The quantitative estimate of drug-likeness (QED) is 0.0949. The third-order valence-electron chi connectivity index (χ3n) is 9.86. The van der Waals surface area contributed by atoms with E-state index in [4.69, 9.17) is 12.6 Å². The highest BCUT2D eigenvalue weighted by molar-refractivity contribution is 7.86. The molecule has 4 N–H and O–H groups in total. The smallest absolute Gasteiger partial charge is 0.425 e. The van der Waals surface area contributed by atoms with E-state index in [1.807, 2.05) is 25.3 Å². The lowest BCUT2D eigenvalue weighted by atomic mass is 9.79. The normalized spacial score (nSPS) is 16.3. The molecule has 0 aromatic heterocycles. The fourth-order valence-electron chi connectivity index (χ4n) is 7.32. The minimum Gasteiger partial charge on any atom is -0.748 e. The monoisotopic (exact) mass is 917 g/mol. The van der Waals surface area contributed by atoms with Crippen molar-refractivity contribution in [3.05, 3.63) is 82.1 Å². The molecule has 0 bridgehead atoms. The van der Waals surface area contributed by atoms with E-state index in [1.54, 1.807) is 55.2 Å². The number of Topliss-reactive ketones (excluding diaryl/α,β-unsaturated/α-hetero) is 1. The maximum absolute atomic E-state index is 13.7. The molecule has 330 valence electrons. The molecule has 0 atom stereocenters. The maximum atomic E-state index is 13.7. The number of benzene rings is 2. The molecule has 1 amide bonds. The third kappa shape index (κ3) is 12.9. The van der Waals surface area contributed by atoms with Crippen molar-refractivity contribution < 1.29 is 75.6 Å². The molecule has 0 aliphatic carbocycles. The van der Waals surface area contributed by atoms with Crippen molar-refractivity contribution in [1.29, 1.82) is 0 Å². The van der Waals surface area contributed by atoms with Crippen LogP contribution in [0.15, 0.2) is 54.3 Å². The van der Waals surface area contributed by atoms with Gasteiger partial charge in [0.1, 0.15) is 6.54 Å². The highest BCUT2D eigenvalue weighted by atomic mass is 32.2. The summed E-state index contributed by atoms with van der Waals surface area (Å²) in [6.45, 7) is 8.87. The van der Waals surface area contributed by atoms with Gasteiger partial charge in [-0.25, -0.2) is 13.2 Å². The van der Waals surface area contributed by atoms with Crippen molar-refractivity contribution in [3.8, 4) is 0 Å². The molecule has 4 rings (SSSR count). The van der Waals surface area contributed by atoms with E-state index in [1.165, 1.54) is 12.1 Å². The summed E-state index contributed by atoms with van der Waals surface area (Å²) in [7, 11) is -16.4. The standard InChI is InChI=1S/C37H47N3O13S3.O3S/c1-6-10-30(41)25-21-26(34(42)38-15-20-56(51,52)53)33-29(23-25)40(17-9-19-55(48,49)50)32(37(33,4)5)12-7-11-31-36(2,3)27-22-24(35(43)44)13-14-28(27)39(31)16-8-18-54(45,46)47;1-4(2)3/h7,11-14,21-23H,6,8-10,15-20H2,1-5H3,(H4-,38,42,43,44,45,46,47,48,49,50,51,52,53);. The van der Waals surface area contributed by atoms with Crippen LogP contribution < -0.4 is 10.2 Å². The molecule has 2 heterocycles. The first-order valence-electron chi connectivity index (χ1n) is 18.3. The van der Waals surface area contributed by atoms with Gasteiger partial charge in [0.05, 0.1) is 32.6 Å². The van der Waals surface area contributed by atoms with E-state index in [-0.39, 0.29) is 54.8 Å². The summed E-state index contributed by atoms with van der Waals surface area (Å²) in [6, 6.07) is 7.65. The van der Waals surface area contributed by atoms with Crippen LogP contribution in [0.1, 0.15) is 103 Å². The molecule has 2 aromatic carbocycles. The van der Waals surface area contributed by atoms with Crippen molar-refractivity contribution in [2.75, 3.05) is 41.8 Å². The Morgan fingerprint density at radius 3 is 2.05 bits per heavy atom. The van der Waals surface area contributed by atoms with E-state index >= 15 is 0 Å². The zero-order valence-corrected chi connectivity index (χ0v) is 36.6. The number of nitrogens with zero attached hydrogens (tertiary/aromatic N) is 2. The predicted octanol–water partition coefficient (Wildman–Crippen LogP) is 2.81. The molecular weight excluding hydrogens is 871 g/mol. The van der Waals surface area contributed by atoms with E-state index in [0.29, 0.717) is 40.3 Å². The Morgan fingerprint density at radius 1 is 0.883 bits per heavy atom. The molecule has 0 spiro atoms. The van der Waals surface area contributed by atoms with Gasteiger partial charge in [-0.3, -0.25) is 18.7 Å². The third-order valence-corrected chi connectivity index (χ3v) is 12.2. The van der Waals surface area contributed by atoms with Gasteiger partial charge in [-0.1, -0.05) is 26.8 Å². The zero-order chi connectivity index (χ0) is 45.6. The largest absolute Gasteiger partial charge is 0.748 e. The van der Waals surface area contributed by atoms with Crippen LogP contribution in [0, 0.1) is 0 Å². The molecule has 0 fully saturated rings. The number of hydrogen-bond donors (Lipinski definition) is 4. The zero-order valence-electron chi connectivity index (χ0n) is 33.4. The minimum absolute atomic E-state index is 0.0138. The Morgan fingerprint density at radius 2 is 1.50 bits per heavy atom. The van der Waals surface area contributed by atoms with Crippen LogP contribution in [0.4, 0.5) is 11.4 Å². The molecule has 0 unspecified atom stereocenters. The van der Waals surface area contributed by atoms with Crippen molar-refractivity contribution in [1.82, 2.24) is 5.32 Å². The van der Waals surface area contributed by atoms with Gasteiger partial charge in [0.25, 0.3) is 26.1 Å². The first kappa shape index (κ1) is 49.7. The highest BCUT2D eigenvalue weighted by Crippen LogP contribution is 2.50. The molecule has 0 radical (unpaired) electrons. The number of nitrogens with one attached hydrogen (secondary N) is 1. The maximum Gasteiger partial charge on any atom is 0.425 e. The number of carbonyl (C=O) groups is 3. The Hall–Kier alpha value is -4.65. The van der Waals surface area contributed by atoms with Gasteiger partial charge in [0.2, 0.25) is 5.69 Å². The summed E-state index contributed by atoms with van der Waals surface area (Å²) in [4.78, 5) is 40.6. The molecule has 60 heavy (non-hydrogen) atoms. The van der Waals surface area contributed by atoms with Crippen molar-refractivity contribution in [3.63, 3.8) is 0 Å². The van der Waals surface area contributed by atoms with Crippen LogP contribution in [0.3, 0.4) is 0 Å². The molecule has 19 nitrogen and oxygen atoms in total. The van der Waals surface area contributed by atoms with Crippen LogP contribution in [-0.4, -0.2) is 121 Å². The topological polar surface area (TPSA) is 307 Å². The first-order chi connectivity index (χ1) is 27.5. The number of allylic oxidation sites excluding steroid dienone is 4. The number of carboxylic acids is 1. The summed E-state index contributed by atoms with van der Waals surface area (Å²) in [5.41, 5.74) is 1.81. The van der Waals surface area contributed by atoms with E-state index in [2.05, 4.69) is 5.32 Å². The summed E-state index contributed by atoms with van der Waals surface area (Å²) in [6.07, 6.45) is 5.77. The fraction of sp³-hybridized carbons (Fsp3) is 0.459. The van der Waals surface area contributed by atoms with E-state index < -0.39 is 87.5 Å². The lowest BCUT2D eigenvalue weighted by molar-refractivity contribution is -0.437. The number of ketones is 1. The van der Waals surface area contributed by atoms with Crippen molar-refractivity contribution >= 4 is 75.7 Å². The van der Waals surface area contributed by atoms with Gasteiger partial charge >= 0.3 is 16.6 Å². The number of rotatable bonds is 18. The van der Waals surface area contributed by atoms with Crippen molar-refractivity contribution in [2.24, 2.45) is 0 Å². The average Bonchev–Trinajstić information content (AvgIpc) is 3.44. The van der Waals surface area contributed by atoms with Crippen molar-refractivity contribution in [2.45, 2.75) is 71.1 Å². The number of fused-ring (bicyclic) bond motifs is 2. The molecule has 23 heteroatoms. The lowest BCUT2D eigenvalue weighted by Gasteiger charge is -2.27. The molecule has 2 aliphatic rings. The van der Waals surface area contributed by atoms with E-state index in [0.717, 1.165) is 0 Å². The second kappa shape index (κ2) is 19.4. The Balaban J connectivity index is 0.00000229. The van der Waals surface area contributed by atoms with Gasteiger partial charge in [-0.15, -0.1) is 12.6 Å². The number of anilines is 1. The van der Waals surface area contributed by atoms with Gasteiger partial charge in [-0.05, 0) is 57.0 Å². The minimum atomic E-state index is -4.61. The lowest BCUT2D eigenvalue weighted by Crippen LogP contribution is -2.31. The Labute approximate surface area is 350 Å². The van der Waals surface area contributed by atoms with Gasteiger partial charge < -0.3 is 19.9 Å². The van der Waals surface area contributed by atoms with Crippen LogP contribution in [0.25, 0.3) is 0 Å².